The molecule has 0 amide bonds. The topological polar surface area (TPSA) is 63.6 Å². The van der Waals surface area contributed by atoms with Crippen molar-refractivity contribution in [3.05, 3.63) is 34.9 Å². The second-order valence-corrected chi connectivity index (χ2v) is 4.46. The van der Waals surface area contributed by atoms with Gasteiger partial charge in [0.15, 0.2) is 11.6 Å². The van der Waals surface area contributed by atoms with Crippen LogP contribution < -0.4 is 5.32 Å². The molecule has 18 heavy (non-hydrogen) atoms. The third kappa shape index (κ3) is 1.86. The minimum atomic E-state index is 0.602. The van der Waals surface area contributed by atoms with Gasteiger partial charge in [-0.15, -0.1) is 0 Å². The maximum Gasteiger partial charge on any atom is 0.198 e. The van der Waals surface area contributed by atoms with Crippen LogP contribution in [0.3, 0.4) is 0 Å². The molecule has 5 nitrogen and oxygen atoms in total. The lowest BCUT2D eigenvalue weighted by molar-refractivity contribution is 0.755. The van der Waals surface area contributed by atoms with E-state index in [-0.39, 0.29) is 0 Å². The molecule has 1 N–H and O–H groups in total. The minimum Gasteiger partial charge on any atom is -0.307 e. The predicted octanol–water partition coefficient (Wildman–Crippen LogP) is 1.41. The van der Waals surface area contributed by atoms with E-state index in [1.807, 2.05) is 6.92 Å². The van der Waals surface area contributed by atoms with E-state index >= 15 is 0 Å². The van der Waals surface area contributed by atoms with E-state index in [0.29, 0.717) is 11.6 Å². The molecule has 3 rings (SSSR count). The second kappa shape index (κ2) is 4.42. The Kier molecular flexibility index (Phi) is 2.76. The summed E-state index contributed by atoms with van der Waals surface area (Å²) in [4.78, 5) is 17.7. The highest BCUT2D eigenvalue weighted by atomic mass is 15.0. The summed E-state index contributed by atoms with van der Waals surface area (Å²) in [7, 11) is 0. The molecule has 0 fully saturated rings. The zero-order valence-electron chi connectivity index (χ0n) is 10.6. The van der Waals surface area contributed by atoms with Gasteiger partial charge in [-0.05, 0) is 18.9 Å². The van der Waals surface area contributed by atoms with Gasteiger partial charge < -0.3 is 5.32 Å². The lowest BCUT2D eigenvalue weighted by atomic mass is 10.1. The number of aryl methyl sites for hydroxylation is 2. The van der Waals surface area contributed by atoms with Gasteiger partial charge in [0.25, 0.3) is 0 Å². The van der Waals surface area contributed by atoms with Crippen LogP contribution in [0.15, 0.2) is 12.4 Å². The first kappa shape index (κ1) is 11.2. The molecule has 5 heteroatoms. The molecule has 92 valence electrons. The Morgan fingerprint density at radius 2 is 1.89 bits per heavy atom. The van der Waals surface area contributed by atoms with Gasteiger partial charge in [-0.1, -0.05) is 6.92 Å². The predicted molar refractivity (Wildman–Crippen MR) is 67.7 cm³/mol. The van der Waals surface area contributed by atoms with Gasteiger partial charge in [0.05, 0.1) is 5.69 Å². The summed E-state index contributed by atoms with van der Waals surface area (Å²) in [6, 6.07) is 0. The number of hydrogen-bond donors (Lipinski definition) is 1. The van der Waals surface area contributed by atoms with Crippen molar-refractivity contribution in [1.29, 1.82) is 0 Å². The molecule has 1 aliphatic heterocycles. The molecule has 0 bridgehead atoms. The van der Waals surface area contributed by atoms with E-state index < -0.39 is 0 Å². The monoisotopic (exact) mass is 241 g/mol. The largest absolute Gasteiger partial charge is 0.307 e. The van der Waals surface area contributed by atoms with E-state index in [9.17, 15) is 0 Å². The Balaban J connectivity index is 2.10. The van der Waals surface area contributed by atoms with Crippen molar-refractivity contribution < 1.29 is 0 Å². The lowest BCUT2D eigenvalue weighted by Gasteiger charge is -2.07. The van der Waals surface area contributed by atoms with Crippen LogP contribution in [0.4, 0.5) is 0 Å². The third-order valence-electron chi connectivity index (χ3n) is 3.09. The Morgan fingerprint density at radius 1 is 1.11 bits per heavy atom. The summed E-state index contributed by atoms with van der Waals surface area (Å²) in [5.41, 5.74) is 4.47. The van der Waals surface area contributed by atoms with Crippen molar-refractivity contribution in [2.45, 2.75) is 33.4 Å². The normalized spacial score (nSPS) is 13.7. The zero-order chi connectivity index (χ0) is 12.5. The van der Waals surface area contributed by atoms with Crippen LogP contribution in [0, 0.1) is 6.92 Å². The number of aromatic nitrogens is 4. The second-order valence-electron chi connectivity index (χ2n) is 4.46. The summed E-state index contributed by atoms with van der Waals surface area (Å²) in [6.45, 7) is 5.76. The van der Waals surface area contributed by atoms with E-state index in [1.54, 1.807) is 12.4 Å². The lowest BCUT2D eigenvalue weighted by Crippen LogP contribution is -2.04. The van der Waals surface area contributed by atoms with Crippen LogP contribution in [0.5, 0.6) is 0 Å². The number of hydrogen-bond acceptors (Lipinski definition) is 5. The van der Waals surface area contributed by atoms with E-state index in [0.717, 1.165) is 36.5 Å². The molecule has 0 unspecified atom stereocenters. The average Bonchev–Trinajstić information content (AvgIpc) is 2.86. The molecular weight excluding hydrogens is 226 g/mol. The minimum absolute atomic E-state index is 0.602. The van der Waals surface area contributed by atoms with Crippen molar-refractivity contribution in [3.63, 3.8) is 0 Å². The summed E-state index contributed by atoms with van der Waals surface area (Å²) in [5, 5.41) is 3.31. The van der Waals surface area contributed by atoms with Crippen LogP contribution in [0.25, 0.3) is 11.6 Å². The van der Waals surface area contributed by atoms with Crippen LogP contribution in [-0.4, -0.2) is 19.9 Å². The maximum absolute atomic E-state index is 4.59. The standard InChI is InChI=1S/C13H15N5/c1-3-10-9-6-14-7-11(9)18-13(17-10)12-15-4-8(2)5-16-12/h4-5,14H,3,6-7H2,1-2H3. The first-order chi connectivity index (χ1) is 8.78. The highest BCUT2D eigenvalue weighted by molar-refractivity contribution is 5.46. The third-order valence-corrected chi connectivity index (χ3v) is 3.09. The smallest absolute Gasteiger partial charge is 0.198 e. The van der Waals surface area contributed by atoms with Crippen LogP contribution in [-0.2, 0) is 19.5 Å². The van der Waals surface area contributed by atoms with E-state index in [4.69, 9.17) is 0 Å². The number of nitrogens with zero attached hydrogens (tertiary/aromatic N) is 4. The van der Waals surface area contributed by atoms with Gasteiger partial charge in [-0.2, -0.15) is 0 Å². The zero-order valence-corrected chi connectivity index (χ0v) is 10.6. The molecule has 0 aliphatic carbocycles. The highest BCUT2D eigenvalue weighted by Gasteiger charge is 2.19. The van der Waals surface area contributed by atoms with Gasteiger partial charge in [-0.3, -0.25) is 0 Å². The molecule has 0 atom stereocenters. The molecule has 0 saturated heterocycles. The van der Waals surface area contributed by atoms with Crippen LogP contribution in [0.1, 0.15) is 29.4 Å². The van der Waals surface area contributed by atoms with Crippen LogP contribution in [0.2, 0.25) is 0 Å². The SMILES string of the molecule is CCc1nc(-c2ncc(C)cn2)nc2c1CNC2. The Hall–Kier alpha value is -1.88. The molecule has 1 aliphatic rings. The first-order valence-electron chi connectivity index (χ1n) is 6.16. The molecule has 0 spiro atoms. The quantitative estimate of drug-likeness (QED) is 0.861. The van der Waals surface area contributed by atoms with Crippen molar-refractivity contribution in [1.82, 2.24) is 25.3 Å². The fourth-order valence-corrected chi connectivity index (χ4v) is 2.14. The highest BCUT2D eigenvalue weighted by Crippen LogP contribution is 2.20. The van der Waals surface area contributed by atoms with E-state index in [1.165, 1.54) is 5.56 Å². The molecule has 3 heterocycles. The fraction of sp³-hybridized carbons (Fsp3) is 0.385. The summed E-state index contributed by atoms with van der Waals surface area (Å²) in [5.74, 6) is 1.24. The number of fused-ring (bicyclic) bond motifs is 1. The van der Waals surface area contributed by atoms with E-state index in [2.05, 4.69) is 32.2 Å². The Bertz CT molecular complexity index is 577. The van der Waals surface area contributed by atoms with Crippen LogP contribution >= 0.6 is 0 Å². The van der Waals surface area contributed by atoms with Crippen molar-refractivity contribution >= 4 is 0 Å². The average molecular weight is 241 g/mol. The molecular formula is C13H15N5. The first-order valence-corrected chi connectivity index (χ1v) is 6.16. The summed E-state index contributed by atoms with van der Waals surface area (Å²) < 4.78 is 0. The number of nitrogens with one attached hydrogen (secondary N) is 1. The van der Waals surface area contributed by atoms with Gasteiger partial charge in [-0.25, -0.2) is 19.9 Å². The van der Waals surface area contributed by atoms with Gasteiger partial charge in [0, 0.05) is 36.7 Å². The van der Waals surface area contributed by atoms with Gasteiger partial charge in [0.2, 0.25) is 0 Å². The van der Waals surface area contributed by atoms with Crippen molar-refractivity contribution in [2.24, 2.45) is 0 Å². The molecule has 0 radical (unpaired) electrons. The molecule has 2 aromatic heterocycles. The Labute approximate surface area is 106 Å². The Morgan fingerprint density at radius 3 is 2.61 bits per heavy atom. The fourth-order valence-electron chi connectivity index (χ4n) is 2.14. The maximum atomic E-state index is 4.59. The van der Waals surface area contributed by atoms with Crippen molar-refractivity contribution in [2.75, 3.05) is 0 Å². The van der Waals surface area contributed by atoms with Gasteiger partial charge >= 0.3 is 0 Å². The van der Waals surface area contributed by atoms with Crippen molar-refractivity contribution in [3.8, 4) is 11.6 Å². The molecule has 2 aromatic rings. The molecule has 0 saturated carbocycles. The summed E-state index contributed by atoms with van der Waals surface area (Å²) in [6.07, 6.45) is 4.50. The summed E-state index contributed by atoms with van der Waals surface area (Å²) >= 11 is 0. The number of rotatable bonds is 2. The van der Waals surface area contributed by atoms with Gasteiger partial charge in [0.1, 0.15) is 0 Å². The molecule has 0 aromatic carbocycles.